The Bertz CT molecular complexity index is 1580. The molecule has 0 radical (unpaired) electrons. The van der Waals surface area contributed by atoms with Crippen molar-refractivity contribution in [2.75, 3.05) is 6.54 Å². The molecule has 184 valence electrons. The lowest BCUT2D eigenvalue weighted by Gasteiger charge is -2.52. The Morgan fingerprint density at radius 3 is 2.51 bits per heavy atom. The molecule has 8 nitrogen and oxygen atoms in total. The fourth-order valence-electron chi connectivity index (χ4n) is 8.07. The van der Waals surface area contributed by atoms with Crippen LogP contribution in [0.1, 0.15) is 43.4 Å². The van der Waals surface area contributed by atoms with Crippen molar-refractivity contribution in [3.05, 3.63) is 81.4 Å². The van der Waals surface area contributed by atoms with Crippen molar-refractivity contribution in [1.82, 2.24) is 10.2 Å². The Balaban J connectivity index is 1.37. The molecule has 0 aromatic heterocycles. The van der Waals surface area contributed by atoms with Gasteiger partial charge in [0.25, 0.3) is 5.69 Å². The fourth-order valence-corrected chi connectivity index (χ4v) is 8.07. The van der Waals surface area contributed by atoms with E-state index in [1.165, 1.54) is 6.07 Å². The molecule has 37 heavy (non-hydrogen) atoms. The van der Waals surface area contributed by atoms with Gasteiger partial charge in [-0.15, -0.1) is 0 Å². The van der Waals surface area contributed by atoms with E-state index in [0.29, 0.717) is 18.5 Å². The quantitative estimate of drug-likeness (QED) is 0.300. The summed E-state index contributed by atoms with van der Waals surface area (Å²) in [4.78, 5) is 54.0. The first-order chi connectivity index (χ1) is 17.6. The van der Waals surface area contributed by atoms with Crippen LogP contribution in [0.4, 0.5) is 5.69 Å². The predicted molar refractivity (Wildman–Crippen MR) is 133 cm³/mol. The smallest absolute Gasteiger partial charge is 0.278 e. The van der Waals surface area contributed by atoms with Crippen molar-refractivity contribution in [3.63, 3.8) is 0 Å². The SMILES string of the molecule is CC1(C)C(=O)C(c2ccc(C#Cc3ccccc3)cc2[N+](=O)[O-])=CC23NC(=O)C45CCCN4C(=O)C25C13. The van der Waals surface area contributed by atoms with Crippen LogP contribution in [-0.4, -0.2) is 45.0 Å². The van der Waals surface area contributed by atoms with E-state index < -0.39 is 26.8 Å². The van der Waals surface area contributed by atoms with Gasteiger partial charge in [0.15, 0.2) is 5.78 Å². The number of allylic oxidation sites excluding steroid dienone is 1. The molecule has 4 atom stereocenters. The summed E-state index contributed by atoms with van der Waals surface area (Å²) in [5.74, 6) is 5.05. The molecule has 3 spiro atoms. The lowest BCUT2D eigenvalue weighted by atomic mass is 9.64. The number of amides is 2. The number of Topliss-reactive ketones (excluding diaryl/α,β-unsaturated/α-hetero) is 1. The molecule has 8 heteroatoms. The van der Waals surface area contributed by atoms with E-state index >= 15 is 0 Å². The van der Waals surface area contributed by atoms with Crippen LogP contribution in [-0.2, 0) is 14.4 Å². The number of hydrogen-bond acceptors (Lipinski definition) is 5. The Labute approximate surface area is 212 Å². The summed E-state index contributed by atoms with van der Waals surface area (Å²) >= 11 is 0. The van der Waals surface area contributed by atoms with E-state index in [4.69, 9.17) is 0 Å². The van der Waals surface area contributed by atoms with Gasteiger partial charge in [0, 0.05) is 40.6 Å². The number of hydrogen-bond donors (Lipinski definition) is 1. The molecule has 2 aromatic rings. The highest BCUT2D eigenvalue weighted by atomic mass is 16.6. The average Bonchev–Trinajstić information content (AvgIpc) is 3.25. The third-order valence-corrected chi connectivity index (χ3v) is 9.30. The van der Waals surface area contributed by atoms with E-state index in [2.05, 4.69) is 17.2 Å². The number of carbonyl (C=O) groups is 3. The largest absolute Gasteiger partial charge is 0.343 e. The molecule has 2 amide bonds. The number of piperidine rings is 1. The summed E-state index contributed by atoms with van der Waals surface area (Å²) in [6.45, 7) is 4.12. The van der Waals surface area contributed by atoms with E-state index in [-0.39, 0.29) is 40.3 Å². The number of benzene rings is 2. The van der Waals surface area contributed by atoms with Crippen LogP contribution >= 0.6 is 0 Å². The molecule has 4 unspecified atom stereocenters. The van der Waals surface area contributed by atoms with Crippen molar-refractivity contribution >= 4 is 28.9 Å². The normalized spacial score (nSPS) is 33.6. The first kappa shape index (κ1) is 22.0. The molecule has 5 aliphatic rings. The van der Waals surface area contributed by atoms with Crippen LogP contribution in [0, 0.1) is 38.7 Å². The fraction of sp³-hybridized carbons (Fsp3) is 0.345. The molecule has 1 saturated carbocycles. The van der Waals surface area contributed by atoms with Gasteiger partial charge in [0.05, 0.1) is 16.0 Å². The van der Waals surface area contributed by atoms with Gasteiger partial charge >= 0.3 is 0 Å². The zero-order valence-corrected chi connectivity index (χ0v) is 20.3. The van der Waals surface area contributed by atoms with Crippen LogP contribution in [0.15, 0.2) is 54.6 Å². The van der Waals surface area contributed by atoms with Gasteiger partial charge in [-0.2, -0.15) is 0 Å². The van der Waals surface area contributed by atoms with Gasteiger partial charge in [-0.25, -0.2) is 0 Å². The van der Waals surface area contributed by atoms with Gasteiger partial charge in [-0.3, -0.25) is 24.5 Å². The lowest BCUT2D eigenvalue weighted by molar-refractivity contribution is -0.385. The Morgan fingerprint density at radius 1 is 1.05 bits per heavy atom. The minimum Gasteiger partial charge on any atom is -0.343 e. The minimum atomic E-state index is -1.01. The topological polar surface area (TPSA) is 110 Å². The maximum absolute atomic E-state index is 13.9. The molecular weight excluding hydrogens is 470 g/mol. The summed E-state index contributed by atoms with van der Waals surface area (Å²) < 4.78 is 0. The van der Waals surface area contributed by atoms with Gasteiger partial charge in [-0.05, 0) is 43.2 Å². The first-order valence-corrected chi connectivity index (χ1v) is 12.4. The molecule has 3 saturated heterocycles. The van der Waals surface area contributed by atoms with Crippen molar-refractivity contribution in [2.24, 2.45) is 16.7 Å². The maximum Gasteiger partial charge on any atom is 0.278 e. The molecular formula is C29H23N3O5. The third kappa shape index (κ3) is 2.21. The number of ketones is 1. The van der Waals surface area contributed by atoms with E-state index in [1.807, 2.05) is 30.3 Å². The summed E-state index contributed by atoms with van der Waals surface area (Å²) in [7, 11) is 0. The summed E-state index contributed by atoms with van der Waals surface area (Å²) in [6, 6.07) is 13.9. The van der Waals surface area contributed by atoms with Crippen LogP contribution in [0.2, 0.25) is 0 Å². The number of rotatable bonds is 2. The van der Waals surface area contributed by atoms with Crippen LogP contribution < -0.4 is 5.32 Å². The molecule has 4 fully saturated rings. The minimum absolute atomic E-state index is 0.0900. The number of nitro groups is 1. The second-order valence-corrected chi connectivity index (χ2v) is 11.2. The Hall–Kier alpha value is -4.25. The number of nitrogens with one attached hydrogen (secondary N) is 1. The second-order valence-electron chi connectivity index (χ2n) is 11.2. The maximum atomic E-state index is 13.9. The highest BCUT2D eigenvalue weighted by Crippen LogP contribution is 2.85. The molecule has 3 heterocycles. The molecule has 0 bridgehead atoms. The first-order valence-electron chi connectivity index (χ1n) is 12.4. The third-order valence-electron chi connectivity index (χ3n) is 9.30. The van der Waals surface area contributed by atoms with E-state index in [0.717, 1.165) is 12.0 Å². The highest BCUT2D eigenvalue weighted by molar-refractivity contribution is 6.29. The Morgan fingerprint density at radius 2 is 1.78 bits per heavy atom. The Kier molecular flexibility index (Phi) is 3.89. The zero-order chi connectivity index (χ0) is 26.0. The highest BCUT2D eigenvalue weighted by Gasteiger charge is 3.03. The molecule has 3 aliphatic heterocycles. The van der Waals surface area contributed by atoms with E-state index in [9.17, 15) is 24.5 Å². The zero-order valence-electron chi connectivity index (χ0n) is 20.3. The lowest BCUT2D eigenvalue weighted by Crippen LogP contribution is -2.73. The molecule has 2 aromatic carbocycles. The molecule has 2 aliphatic carbocycles. The monoisotopic (exact) mass is 493 g/mol. The van der Waals surface area contributed by atoms with Crippen molar-refractivity contribution in [3.8, 4) is 11.8 Å². The van der Waals surface area contributed by atoms with Crippen molar-refractivity contribution < 1.29 is 19.3 Å². The summed E-state index contributed by atoms with van der Waals surface area (Å²) in [6.07, 6.45) is 2.97. The standard InChI is InChI=1S/C29H23N3O5/c1-26(2)22(33)20(16-27-23(26)29(27)25(35)31-14-6-13-28(29,31)24(34)30-27)19-12-11-18(15-21(19)32(36)37)10-9-17-7-4-3-5-8-17/h3-5,7-8,11-12,15-16,23H,6,13-14H2,1-2H3,(H,30,34). The van der Waals surface area contributed by atoms with Gasteiger partial charge in [0.2, 0.25) is 11.8 Å². The van der Waals surface area contributed by atoms with Gasteiger partial charge < -0.3 is 10.2 Å². The number of carbonyl (C=O) groups excluding carboxylic acids is 3. The van der Waals surface area contributed by atoms with Crippen molar-refractivity contribution in [2.45, 2.75) is 37.8 Å². The van der Waals surface area contributed by atoms with Gasteiger partial charge in [0.1, 0.15) is 11.0 Å². The number of β-lactam (4-membered cyclic amide) rings is 1. The van der Waals surface area contributed by atoms with E-state index in [1.54, 1.807) is 37.0 Å². The number of nitro benzene ring substituents is 1. The molecule has 1 N–H and O–H groups in total. The van der Waals surface area contributed by atoms with Gasteiger partial charge in [-0.1, -0.05) is 43.9 Å². The predicted octanol–water partition coefficient (Wildman–Crippen LogP) is 2.85. The summed E-state index contributed by atoms with van der Waals surface area (Å²) in [5, 5.41) is 15.2. The second kappa shape index (κ2) is 6.54. The van der Waals surface area contributed by atoms with Crippen LogP contribution in [0.5, 0.6) is 0 Å². The van der Waals surface area contributed by atoms with Crippen molar-refractivity contribution in [1.29, 1.82) is 0 Å². The average molecular weight is 494 g/mol. The number of nitrogens with zero attached hydrogens (tertiary/aromatic N) is 2. The van der Waals surface area contributed by atoms with Crippen LogP contribution in [0.25, 0.3) is 5.57 Å². The molecule has 7 rings (SSSR count). The van der Waals surface area contributed by atoms with Crippen LogP contribution in [0.3, 0.4) is 0 Å². The summed E-state index contributed by atoms with van der Waals surface area (Å²) in [5.41, 5.74) is -2.56.